The van der Waals surface area contributed by atoms with Gasteiger partial charge >= 0.3 is 5.97 Å². The van der Waals surface area contributed by atoms with E-state index in [-0.39, 0.29) is 35.4 Å². The van der Waals surface area contributed by atoms with E-state index in [9.17, 15) is 24.6 Å². The van der Waals surface area contributed by atoms with Crippen molar-refractivity contribution in [2.45, 2.75) is 95.6 Å². The highest BCUT2D eigenvalue weighted by atomic mass is 16.4. The number of nitrogens with zero attached hydrogens (tertiary/aromatic N) is 2. The Hall–Kier alpha value is -2.15. The Kier molecular flexibility index (Phi) is 6.11. The molecule has 2 heterocycles. The van der Waals surface area contributed by atoms with Gasteiger partial charge in [-0.1, -0.05) is 39.0 Å². The lowest BCUT2D eigenvalue weighted by Crippen LogP contribution is -2.62. The van der Waals surface area contributed by atoms with Gasteiger partial charge in [-0.25, -0.2) is 4.79 Å². The summed E-state index contributed by atoms with van der Waals surface area (Å²) in [5.41, 5.74) is -1.05. The highest BCUT2D eigenvalue weighted by Crippen LogP contribution is 2.52. The largest absolute Gasteiger partial charge is 0.478 e. The van der Waals surface area contributed by atoms with Gasteiger partial charge in [-0.3, -0.25) is 9.59 Å². The topological polar surface area (TPSA) is 99.8 Å². The van der Waals surface area contributed by atoms with Crippen LogP contribution in [0.1, 0.15) is 99.4 Å². The van der Waals surface area contributed by atoms with Gasteiger partial charge in [0.25, 0.3) is 5.56 Å². The molecule has 3 aliphatic carbocycles. The minimum Gasteiger partial charge on any atom is -0.478 e. The van der Waals surface area contributed by atoms with Gasteiger partial charge in [-0.15, -0.1) is 0 Å². The molecule has 1 aliphatic heterocycles. The van der Waals surface area contributed by atoms with E-state index in [1.807, 2.05) is 11.8 Å². The first-order valence-corrected chi connectivity index (χ1v) is 13.2. The lowest BCUT2D eigenvalue weighted by Gasteiger charge is -2.53. The van der Waals surface area contributed by atoms with Crippen LogP contribution in [0.25, 0.3) is 0 Å². The van der Waals surface area contributed by atoms with Crippen molar-refractivity contribution >= 4 is 11.9 Å². The van der Waals surface area contributed by atoms with Gasteiger partial charge in [0.1, 0.15) is 0 Å². The molecule has 0 radical (unpaired) electrons. The number of aromatic nitrogens is 1. The number of amides is 1. The van der Waals surface area contributed by atoms with Gasteiger partial charge < -0.3 is 19.7 Å². The van der Waals surface area contributed by atoms with Crippen LogP contribution in [-0.4, -0.2) is 50.2 Å². The number of aliphatic hydroxyl groups is 1. The van der Waals surface area contributed by atoms with Crippen molar-refractivity contribution in [3.63, 3.8) is 0 Å². The third kappa shape index (κ3) is 4.21. The van der Waals surface area contributed by atoms with Crippen molar-refractivity contribution in [1.29, 1.82) is 0 Å². The van der Waals surface area contributed by atoms with Crippen LogP contribution in [0.15, 0.2) is 17.1 Å². The molecule has 7 heteroatoms. The molecule has 0 aromatic carbocycles. The number of piperidine rings is 1. The Morgan fingerprint density at radius 1 is 1.12 bits per heavy atom. The Labute approximate surface area is 201 Å². The van der Waals surface area contributed by atoms with E-state index in [1.54, 1.807) is 0 Å². The number of hydrogen-bond donors (Lipinski definition) is 2. The van der Waals surface area contributed by atoms with Crippen LogP contribution >= 0.6 is 0 Å². The molecule has 3 saturated carbocycles. The molecule has 5 rings (SSSR count). The van der Waals surface area contributed by atoms with Crippen LogP contribution < -0.4 is 5.56 Å². The minimum absolute atomic E-state index is 0.00524. The van der Waals surface area contributed by atoms with Gasteiger partial charge in [-0.05, 0) is 55.9 Å². The Bertz CT molecular complexity index is 1020. The maximum atomic E-state index is 13.3. The molecule has 1 aromatic heterocycles. The first kappa shape index (κ1) is 23.6. The first-order chi connectivity index (χ1) is 16.2. The van der Waals surface area contributed by atoms with E-state index in [0.717, 1.165) is 44.9 Å². The van der Waals surface area contributed by atoms with Crippen molar-refractivity contribution in [1.82, 2.24) is 9.47 Å². The Morgan fingerprint density at radius 2 is 1.82 bits per heavy atom. The van der Waals surface area contributed by atoms with E-state index in [1.165, 1.54) is 36.1 Å². The van der Waals surface area contributed by atoms with E-state index in [4.69, 9.17) is 0 Å². The Balaban J connectivity index is 1.38. The molecule has 2 atom stereocenters. The molecule has 4 fully saturated rings. The maximum Gasteiger partial charge on any atom is 0.337 e. The summed E-state index contributed by atoms with van der Waals surface area (Å²) >= 11 is 0. The van der Waals surface area contributed by atoms with Crippen LogP contribution in [-0.2, 0) is 11.3 Å². The predicted octanol–water partition coefficient (Wildman–Crippen LogP) is 3.77. The summed E-state index contributed by atoms with van der Waals surface area (Å²) in [4.78, 5) is 40.1. The predicted molar refractivity (Wildman–Crippen MR) is 128 cm³/mol. The summed E-state index contributed by atoms with van der Waals surface area (Å²) in [5.74, 6) is 0.00741. The van der Waals surface area contributed by atoms with Crippen LogP contribution in [0.3, 0.4) is 0 Å². The smallest absolute Gasteiger partial charge is 0.337 e. The fourth-order valence-electron chi connectivity index (χ4n) is 6.83. The molecule has 1 spiro atoms. The van der Waals surface area contributed by atoms with Crippen LogP contribution in [0, 0.1) is 17.3 Å². The molecule has 1 saturated heterocycles. The summed E-state index contributed by atoms with van der Waals surface area (Å²) in [7, 11) is 0. The lowest BCUT2D eigenvalue weighted by molar-refractivity contribution is -0.163. The van der Waals surface area contributed by atoms with Crippen LogP contribution in [0.4, 0.5) is 0 Å². The summed E-state index contributed by atoms with van der Waals surface area (Å²) in [6, 6.07) is 1.46. The second kappa shape index (κ2) is 8.81. The molecule has 34 heavy (non-hydrogen) atoms. The van der Waals surface area contributed by atoms with Crippen molar-refractivity contribution in [3.8, 4) is 0 Å². The van der Waals surface area contributed by atoms with Crippen molar-refractivity contribution in [3.05, 3.63) is 33.7 Å². The highest BCUT2D eigenvalue weighted by Gasteiger charge is 2.56. The number of aromatic carboxylic acids is 1. The maximum absolute atomic E-state index is 13.3. The molecule has 0 bridgehead atoms. The molecule has 186 valence electrons. The van der Waals surface area contributed by atoms with E-state index < -0.39 is 17.0 Å². The van der Waals surface area contributed by atoms with Crippen molar-refractivity contribution in [2.24, 2.45) is 17.3 Å². The fraction of sp³-hybridized carbons (Fsp3) is 0.741. The number of rotatable bonds is 7. The average Bonchev–Trinajstić information content (AvgIpc) is 3.51. The SMILES string of the molecule is CC(CC1CCC1)C(=O)N1CCC(O)(Cn2cc(C(=O)O)c(C3CC3)cc2=O)C2(CCCC2)C1. The Morgan fingerprint density at radius 3 is 2.41 bits per heavy atom. The van der Waals surface area contributed by atoms with Gasteiger partial charge in [0.2, 0.25) is 5.91 Å². The van der Waals surface area contributed by atoms with Crippen LogP contribution in [0.2, 0.25) is 0 Å². The zero-order valence-corrected chi connectivity index (χ0v) is 20.3. The van der Waals surface area contributed by atoms with E-state index >= 15 is 0 Å². The van der Waals surface area contributed by atoms with Gasteiger partial charge in [0.05, 0.1) is 17.7 Å². The number of carboxylic acids is 1. The first-order valence-electron chi connectivity index (χ1n) is 13.2. The molecule has 2 N–H and O–H groups in total. The van der Waals surface area contributed by atoms with Crippen molar-refractivity contribution in [2.75, 3.05) is 13.1 Å². The van der Waals surface area contributed by atoms with Crippen molar-refractivity contribution < 1.29 is 19.8 Å². The number of likely N-dealkylation sites (tertiary alicyclic amines) is 1. The number of carboxylic acid groups (broad SMARTS) is 1. The third-order valence-electron chi connectivity index (χ3n) is 9.32. The summed E-state index contributed by atoms with van der Waals surface area (Å²) in [6.45, 7) is 3.12. The molecule has 1 aromatic rings. The molecule has 4 aliphatic rings. The molecule has 1 amide bonds. The van der Waals surface area contributed by atoms with Gasteiger partial charge in [-0.2, -0.15) is 0 Å². The zero-order chi connectivity index (χ0) is 24.1. The number of hydrogen-bond acceptors (Lipinski definition) is 4. The normalized spacial score (nSPS) is 27.5. The number of carbonyl (C=O) groups excluding carboxylic acids is 1. The second-order valence-corrected chi connectivity index (χ2v) is 11.7. The monoisotopic (exact) mass is 470 g/mol. The van der Waals surface area contributed by atoms with Gasteiger partial charge in [0, 0.05) is 36.7 Å². The molecule has 7 nitrogen and oxygen atoms in total. The third-order valence-corrected chi connectivity index (χ3v) is 9.32. The van der Waals surface area contributed by atoms with Crippen LogP contribution in [0.5, 0.6) is 0 Å². The van der Waals surface area contributed by atoms with Gasteiger partial charge in [0.15, 0.2) is 0 Å². The number of pyridine rings is 1. The number of carbonyl (C=O) groups is 2. The minimum atomic E-state index is -1.14. The van der Waals surface area contributed by atoms with E-state index in [0.29, 0.717) is 31.0 Å². The quantitative estimate of drug-likeness (QED) is 0.632. The lowest BCUT2D eigenvalue weighted by atomic mass is 9.65. The summed E-state index contributed by atoms with van der Waals surface area (Å²) in [6.07, 6.45) is 12.0. The fourth-order valence-corrected chi connectivity index (χ4v) is 6.83. The molecule has 2 unspecified atom stereocenters. The van der Waals surface area contributed by atoms with E-state index in [2.05, 4.69) is 0 Å². The molecular weight excluding hydrogens is 432 g/mol. The second-order valence-electron chi connectivity index (χ2n) is 11.7. The highest BCUT2D eigenvalue weighted by molar-refractivity contribution is 5.89. The molecular formula is C27H38N2O5. The standard InChI is InChI=1S/C27H38N2O5/c1-18(13-19-5-4-6-19)24(31)28-12-11-27(34,26(16-28)9-2-3-10-26)17-29-15-22(25(32)33)21(14-23(29)30)20-7-8-20/h14-15,18-20,34H,2-13,16-17H2,1H3,(H,32,33). The zero-order valence-electron chi connectivity index (χ0n) is 20.3. The average molecular weight is 471 g/mol. The summed E-state index contributed by atoms with van der Waals surface area (Å²) in [5, 5.41) is 21.7. The summed E-state index contributed by atoms with van der Waals surface area (Å²) < 4.78 is 1.41.